The fourth-order valence-corrected chi connectivity index (χ4v) is 1.30. The Morgan fingerprint density at radius 1 is 1.05 bits per heavy atom. The van der Waals surface area contributed by atoms with Crippen molar-refractivity contribution in [2.75, 3.05) is 46.2 Å². The summed E-state index contributed by atoms with van der Waals surface area (Å²) in [6.07, 6.45) is 1.69. The first-order valence-corrected chi connectivity index (χ1v) is 6.30. The summed E-state index contributed by atoms with van der Waals surface area (Å²) < 4.78 is 17.5. The summed E-state index contributed by atoms with van der Waals surface area (Å²) in [5.41, 5.74) is 5.83. The Morgan fingerprint density at radius 3 is 2.26 bits per heavy atom. The maximum Gasteiger partial charge on any atom is 0.108 e. The highest BCUT2D eigenvalue weighted by Crippen LogP contribution is 1.92. The second-order valence-electron chi connectivity index (χ2n) is 3.76. The number of aliphatic hydroxyl groups excluding tert-OH is 1. The zero-order chi connectivity index (χ0) is 13.8. The minimum atomic E-state index is -0.0963. The second-order valence-corrected chi connectivity index (χ2v) is 3.76. The molecule has 1 rings (SSSR count). The molecule has 1 aromatic heterocycles. The summed E-state index contributed by atoms with van der Waals surface area (Å²) in [4.78, 5) is 0. The first-order chi connectivity index (χ1) is 9.36. The zero-order valence-electron chi connectivity index (χ0n) is 11.0. The Morgan fingerprint density at radius 2 is 1.68 bits per heavy atom. The molecular formula is C11H22N4O4. The van der Waals surface area contributed by atoms with Gasteiger partial charge in [-0.2, -0.15) is 0 Å². The van der Waals surface area contributed by atoms with Crippen LogP contribution in [0.2, 0.25) is 0 Å². The summed E-state index contributed by atoms with van der Waals surface area (Å²) >= 11 is 0. The molecule has 0 aliphatic carbocycles. The molecule has 1 heterocycles. The van der Waals surface area contributed by atoms with Gasteiger partial charge in [-0.15, -0.1) is 5.10 Å². The van der Waals surface area contributed by atoms with Crippen LogP contribution < -0.4 is 5.73 Å². The molecule has 1 aromatic rings. The molecule has 0 aliphatic rings. The van der Waals surface area contributed by atoms with Crippen molar-refractivity contribution in [2.45, 2.75) is 13.2 Å². The smallest absolute Gasteiger partial charge is 0.108 e. The Labute approximate surface area is 112 Å². The first kappa shape index (κ1) is 16.0. The zero-order valence-corrected chi connectivity index (χ0v) is 11.0. The van der Waals surface area contributed by atoms with Crippen molar-refractivity contribution in [3.8, 4) is 0 Å². The van der Waals surface area contributed by atoms with Crippen LogP contribution in [0.25, 0.3) is 0 Å². The lowest BCUT2D eigenvalue weighted by atomic mass is 10.5. The molecule has 0 amide bonds. The molecule has 0 saturated carbocycles. The molecule has 0 bridgehead atoms. The Bertz CT molecular complexity index is 321. The summed E-state index contributed by atoms with van der Waals surface area (Å²) in [5.74, 6) is 0. The highest BCUT2D eigenvalue weighted by Gasteiger charge is 1.98. The first-order valence-electron chi connectivity index (χ1n) is 6.30. The van der Waals surface area contributed by atoms with Gasteiger partial charge in [0.1, 0.15) is 5.69 Å². The van der Waals surface area contributed by atoms with Gasteiger partial charge in [0.2, 0.25) is 0 Å². The molecular weight excluding hydrogens is 252 g/mol. The third kappa shape index (κ3) is 7.85. The monoisotopic (exact) mass is 274 g/mol. The molecule has 0 atom stereocenters. The average Bonchev–Trinajstić information content (AvgIpc) is 2.89. The van der Waals surface area contributed by atoms with Crippen molar-refractivity contribution in [1.82, 2.24) is 15.0 Å². The lowest BCUT2D eigenvalue weighted by Gasteiger charge is -2.06. The van der Waals surface area contributed by atoms with Crippen molar-refractivity contribution in [1.29, 1.82) is 0 Å². The van der Waals surface area contributed by atoms with Crippen LogP contribution in [0.5, 0.6) is 0 Å². The number of nitrogens with zero attached hydrogens (tertiary/aromatic N) is 3. The minimum absolute atomic E-state index is 0.0963. The van der Waals surface area contributed by atoms with Gasteiger partial charge in [0.25, 0.3) is 0 Å². The average molecular weight is 274 g/mol. The topological polar surface area (TPSA) is 105 Å². The van der Waals surface area contributed by atoms with E-state index in [1.54, 1.807) is 10.9 Å². The van der Waals surface area contributed by atoms with Gasteiger partial charge in [-0.1, -0.05) is 5.21 Å². The van der Waals surface area contributed by atoms with Gasteiger partial charge < -0.3 is 25.1 Å². The van der Waals surface area contributed by atoms with E-state index in [0.717, 1.165) is 0 Å². The molecule has 0 unspecified atom stereocenters. The van der Waals surface area contributed by atoms with Gasteiger partial charge in [0, 0.05) is 6.54 Å². The van der Waals surface area contributed by atoms with Gasteiger partial charge in [0.05, 0.1) is 59.0 Å². The van der Waals surface area contributed by atoms with Gasteiger partial charge in [0.15, 0.2) is 0 Å². The van der Waals surface area contributed by atoms with E-state index in [-0.39, 0.29) is 6.61 Å². The van der Waals surface area contributed by atoms with E-state index in [4.69, 9.17) is 25.1 Å². The van der Waals surface area contributed by atoms with Crippen molar-refractivity contribution in [2.24, 2.45) is 5.73 Å². The van der Waals surface area contributed by atoms with E-state index in [1.807, 2.05) is 0 Å². The highest BCUT2D eigenvalue weighted by molar-refractivity contribution is 4.88. The number of aliphatic hydroxyl groups is 1. The SMILES string of the molecule is NCCOCCOCCOCCn1cc(CO)nn1. The van der Waals surface area contributed by atoms with E-state index in [1.165, 1.54) is 0 Å². The molecule has 19 heavy (non-hydrogen) atoms. The molecule has 0 aromatic carbocycles. The van der Waals surface area contributed by atoms with E-state index in [9.17, 15) is 0 Å². The number of ether oxygens (including phenoxy) is 3. The molecule has 0 saturated heterocycles. The van der Waals surface area contributed by atoms with Crippen LogP contribution in [-0.2, 0) is 27.4 Å². The van der Waals surface area contributed by atoms with Crippen LogP contribution in [0.4, 0.5) is 0 Å². The summed E-state index contributed by atoms with van der Waals surface area (Å²) in [7, 11) is 0. The van der Waals surface area contributed by atoms with Crippen LogP contribution in [0.15, 0.2) is 6.20 Å². The van der Waals surface area contributed by atoms with Crippen LogP contribution in [0, 0.1) is 0 Å². The highest BCUT2D eigenvalue weighted by atomic mass is 16.5. The van der Waals surface area contributed by atoms with Gasteiger partial charge in [-0.3, -0.25) is 0 Å². The molecule has 0 fully saturated rings. The van der Waals surface area contributed by atoms with E-state index >= 15 is 0 Å². The molecule has 0 radical (unpaired) electrons. The largest absolute Gasteiger partial charge is 0.390 e. The molecule has 0 spiro atoms. The molecule has 8 heteroatoms. The molecule has 3 N–H and O–H groups in total. The Balaban J connectivity index is 1.86. The number of rotatable bonds is 12. The Kier molecular flexibility index (Phi) is 9.11. The van der Waals surface area contributed by atoms with Crippen LogP contribution in [0.1, 0.15) is 5.69 Å². The van der Waals surface area contributed by atoms with E-state index in [0.29, 0.717) is 58.4 Å². The van der Waals surface area contributed by atoms with Crippen molar-refractivity contribution in [3.63, 3.8) is 0 Å². The Hall–Kier alpha value is -1.06. The summed E-state index contributed by atoms with van der Waals surface area (Å²) in [6.45, 7) is 4.29. The fraction of sp³-hybridized carbons (Fsp3) is 0.818. The third-order valence-corrected chi connectivity index (χ3v) is 2.22. The second kappa shape index (κ2) is 10.8. The minimum Gasteiger partial charge on any atom is -0.390 e. The standard InChI is InChI=1S/C11H22N4O4/c12-1-3-17-5-7-19-8-6-18-4-2-15-9-11(10-16)13-14-15/h9,16H,1-8,10,12H2. The fourth-order valence-electron chi connectivity index (χ4n) is 1.30. The van der Waals surface area contributed by atoms with Gasteiger partial charge >= 0.3 is 0 Å². The van der Waals surface area contributed by atoms with Crippen molar-refractivity contribution < 1.29 is 19.3 Å². The molecule has 0 aliphatic heterocycles. The van der Waals surface area contributed by atoms with E-state index in [2.05, 4.69) is 10.3 Å². The third-order valence-electron chi connectivity index (χ3n) is 2.22. The number of nitrogens with two attached hydrogens (primary N) is 1. The normalized spacial score (nSPS) is 11.1. The van der Waals surface area contributed by atoms with E-state index < -0.39 is 0 Å². The lowest BCUT2D eigenvalue weighted by molar-refractivity contribution is 0.0141. The predicted molar refractivity (Wildman–Crippen MR) is 67.5 cm³/mol. The maximum absolute atomic E-state index is 8.82. The van der Waals surface area contributed by atoms with Gasteiger partial charge in [-0.05, 0) is 0 Å². The number of hydrogen-bond acceptors (Lipinski definition) is 7. The lowest BCUT2D eigenvalue weighted by Crippen LogP contribution is -2.14. The van der Waals surface area contributed by atoms with Crippen LogP contribution in [-0.4, -0.2) is 66.3 Å². The summed E-state index contributed by atoms with van der Waals surface area (Å²) in [6, 6.07) is 0. The van der Waals surface area contributed by atoms with Crippen LogP contribution in [0.3, 0.4) is 0 Å². The molecule has 8 nitrogen and oxygen atoms in total. The quantitative estimate of drug-likeness (QED) is 0.460. The predicted octanol–water partition coefficient (Wildman–Crippen LogP) is -1.22. The van der Waals surface area contributed by atoms with Crippen LogP contribution >= 0.6 is 0 Å². The van der Waals surface area contributed by atoms with Crippen molar-refractivity contribution >= 4 is 0 Å². The summed E-state index contributed by atoms with van der Waals surface area (Å²) in [5, 5.41) is 16.4. The number of hydrogen-bond donors (Lipinski definition) is 2. The van der Waals surface area contributed by atoms with Crippen molar-refractivity contribution in [3.05, 3.63) is 11.9 Å². The maximum atomic E-state index is 8.82. The van der Waals surface area contributed by atoms with Gasteiger partial charge in [-0.25, -0.2) is 4.68 Å². The number of aromatic nitrogens is 3. The molecule has 110 valence electrons.